The first kappa shape index (κ1) is 25.0. The Labute approximate surface area is 215 Å². The lowest BCUT2D eigenvalue weighted by Crippen LogP contribution is -2.40. The molecule has 9 heteroatoms. The van der Waals surface area contributed by atoms with Gasteiger partial charge in [0.25, 0.3) is 0 Å². The van der Waals surface area contributed by atoms with E-state index in [2.05, 4.69) is 0 Å². The Balaban J connectivity index is 1.67. The molecule has 1 N–H and O–H groups in total. The lowest BCUT2D eigenvalue weighted by atomic mass is 9.70. The maximum Gasteiger partial charge on any atom is 0.339 e. The third-order valence-corrected chi connectivity index (χ3v) is 8.35. The zero-order valence-corrected chi connectivity index (χ0v) is 21.0. The summed E-state index contributed by atoms with van der Waals surface area (Å²) in [6.45, 7) is 0.167. The number of hydrogen-bond acceptors (Lipinski definition) is 7. The lowest BCUT2D eigenvalue weighted by Gasteiger charge is -2.44. The van der Waals surface area contributed by atoms with Crippen molar-refractivity contribution in [2.75, 3.05) is 6.54 Å². The first-order chi connectivity index (χ1) is 17.8. The van der Waals surface area contributed by atoms with Crippen LogP contribution in [0.25, 0.3) is 0 Å². The standard InChI is InChI=1S/C28H27NO7S/c30-22-13-6-11-20-27(22)26(28-21(12-7-14-23(28)31)29(20)17-16-25(32)33)19-10-4-5-15-24(19)36-37(34,35)18-8-2-1-3-9-18/h1-5,8-10,15,26H,6-7,11-14,16-17H2,(H,32,33). The van der Waals surface area contributed by atoms with Crippen LogP contribution in [0.2, 0.25) is 0 Å². The number of carbonyl (C=O) groups excluding carboxylic acids is 2. The van der Waals surface area contributed by atoms with E-state index < -0.39 is 22.0 Å². The Morgan fingerprint density at radius 1 is 0.865 bits per heavy atom. The maximum atomic E-state index is 13.4. The Kier molecular flexibility index (Phi) is 6.72. The molecule has 5 rings (SSSR count). The molecular formula is C28H27NO7S. The van der Waals surface area contributed by atoms with E-state index in [0.29, 0.717) is 55.2 Å². The van der Waals surface area contributed by atoms with Crippen LogP contribution in [-0.4, -0.2) is 42.5 Å². The number of nitrogens with zero attached hydrogens (tertiary/aromatic N) is 1. The highest BCUT2D eigenvalue weighted by atomic mass is 32.2. The van der Waals surface area contributed by atoms with Crippen LogP contribution >= 0.6 is 0 Å². The van der Waals surface area contributed by atoms with Gasteiger partial charge in [-0.05, 0) is 43.9 Å². The number of ketones is 2. The van der Waals surface area contributed by atoms with Gasteiger partial charge in [0.1, 0.15) is 10.6 Å². The average Bonchev–Trinajstić information content (AvgIpc) is 2.88. The quantitative estimate of drug-likeness (QED) is 0.535. The smallest absolute Gasteiger partial charge is 0.339 e. The van der Waals surface area contributed by atoms with Crippen molar-refractivity contribution in [3.05, 3.63) is 82.7 Å². The summed E-state index contributed by atoms with van der Waals surface area (Å²) in [5.41, 5.74) is 2.79. The number of Topliss-reactive ketones (excluding diaryl/α,β-unsaturated/α-hetero) is 2. The van der Waals surface area contributed by atoms with Gasteiger partial charge in [0.15, 0.2) is 11.6 Å². The van der Waals surface area contributed by atoms with Gasteiger partial charge in [0.2, 0.25) is 0 Å². The number of carbonyl (C=O) groups is 3. The van der Waals surface area contributed by atoms with Crippen molar-refractivity contribution in [1.82, 2.24) is 4.90 Å². The minimum Gasteiger partial charge on any atom is -0.481 e. The molecule has 0 fully saturated rings. The summed E-state index contributed by atoms with van der Waals surface area (Å²) in [5.74, 6) is -1.89. The molecule has 192 valence electrons. The van der Waals surface area contributed by atoms with E-state index in [0.717, 1.165) is 11.4 Å². The van der Waals surface area contributed by atoms with Gasteiger partial charge in [-0.1, -0.05) is 36.4 Å². The minimum atomic E-state index is -4.17. The SMILES string of the molecule is O=C(O)CCN1C2=C(C(=O)CCC2)C(c2ccccc2OS(=O)(=O)c2ccccc2)C2=C1CCCC2=O. The molecule has 2 aliphatic carbocycles. The molecule has 2 aromatic rings. The van der Waals surface area contributed by atoms with Crippen molar-refractivity contribution in [3.63, 3.8) is 0 Å². The third-order valence-electron chi connectivity index (χ3n) is 7.10. The Morgan fingerprint density at radius 3 is 2.03 bits per heavy atom. The maximum absolute atomic E-state index is 13.4. The van der Waals surface area contributed by atoms with Crippen molar-refractivity contribution in [3.8, 4) is 5.75 Å². The van der Waals surface area contributed by atoms with Crippen LogP contribution in [0.4, 0.5) is 0 Å². The molecular weight excluding hydrogens is 494 g/mol. The predicted molar refractivity (Wildman–Crippen MR) is 134 cm³/mol. The van der Waals surface area contributed by atoms with Crippen LogP contribution in [0.15, 0.2) is 82.0 Å². The van der Waals surface area contributed by atoms with E-state index in [1.54, 1.807) is 36.4 Å². The highest BCUT2D eigenvalue weighted by Crippen LogP contribution is 2.51. The predicted octanol–water partition coefficient (Wildman–Crippen LogP) is 4.34. The van der Waals surface area contributed by atoms with E-state index in [1.165, 1.54) is 18.2 Å². The Hall–Kier alpha value is -3.72. The summed E-state index contributed by atoms with van der Waals surface area (Å²) in [6, 6.07) is 14.4. The molecule has 1 aliphatic heterocycles. The number of para-hydroxylation sites is 1. The Morgan fingerprint density at radius 2 is 1.43 bits per heavy atom. The molecule has 0 unspecified atom stereocenters. The van der Waals surface area contributed by atoms with Crippen LogP contribution in [0, 0.1) is 0 Å². The van der Waals surface area contributed by atoms with Gasteiger partial charge < -0.3 is 14.2 Å². The van der Waals surface area contributed by atoms with E-state index in [4.69, 9.17) is 4.18 Å². The molecule has 3 aliphatic rings. The van der Waals surface area contributed by atoms with Crippen LogP contribution in [0.5, 0.6) is 5.75 Å². The molecule has 0 spiro atoms. The van der Waals surface area contributed by atoms with Gasteiger partial charge in [-0.2, -0.15) is 8.42 Å². The fraction of sp³-hybridized carbons (Fsp3) is 0.321. The molecule has 0 amide bonds. The zero-order chi connectivity index (χ0) is 26.2. The molecule has 1 heterocycles. The number of carboxylic acid groups (broad SMARTS) is 1. The largest absolute Gasteiger partial charge is 0.481 e. The average molecular weight is 522 g/mol. The molecule has 8 nitrogen and oxygen atoms in total. The van der Waals surface area contributed by atoms with E-state index in [9.17, 15) is 27.9 Å². The summed E-state index contributed by atoms with van der Waals surface area (Å²) in [4.78, 5) is 40.1. The monoisotopic (exact) mass is 521 g/mol. The van der Waals surface area contributed by atoms with Crippen LogP contribution < -0.4 is 4.18 Å². The molecule has 37 heavy (non-hydrogen) atoms. The summed E-state index contributed by atoms with van der Waals surface area (Å²) in [6.07, 6.45) is 2.90. The summed E-state index contributed by atoms with van der Waals surface area (Å²) in [7, 11) is -4.17. The second-order valence-corrected chi connectivity index (χ2v) is 10.9. The van der Waals surface area contributed by atoms with Gasteiger partial charge in [-0.25, -0.2) is 0 Å². The first-order valence-corrected chi connectivity index (χ1v) is 13.8. The van der Waals surface area contributed by atoms with Crippen molar-refractivity contribution >= 4 is 27.7 Å². The molecule has 0 bridgehead atoms. The van der Waals surface area contributed by atoms with Gasteiger partial charge in [-0.15, -0.1) is 0 Å². The Bertz CT molecular complexity index is 1400. The minimum absolute atomic E-state index is 0.00409. The van der Waals surface area contributed by atoms with Crippen LogP contribution in [0.3, 0.4) is 0 Å². The van der Waals surface area contributed by atoms with Crippen molar-refractivity contribution < 1.29 is 32.1 Å². The van der Waals surface area contributed by atoms with E-state index >= 15 is 0 Å². The number of benzene rings is 2. The van der Waals surface area contributed by atoms with E-state index in [-0.39, 0.29) is 35.2 Å². The third kappa shape index (κ3) is 4.71. The van der Waals surface area contributed by atoms with Gasteiger partial charge in [0, 0.05) is 53.4 Å². The fourth-order valence-corrected chi connectivity index (χ4v) is 6.53. The molecule has 0 radical (unpaired) electrons. The molecule has 0 saturated carbocycles. The first-order valence-electron chi connectivity index (χ1n) is 12.4. The van der Waals surface area contributed by atoms with Crippen molar-refractivity contribution in [1.29, 1.82) is 0 Å². The van der Waals surface area contributed by atoms with Gasteiger partial charge >= 0.3 is 16.1 Å². The fourth-order valence-electron chi connectivity index (χ4n) is 5.55. The topological polar surface area (TPSA) is 118 Å². The summed E-state index contributed by atoms with van der Waals surface area (Å²) >= 11 is 0. The molecule has 2 aromatic carbocycles. The lowest BCUT2D eigenvalue weighted by molar-refractivity contribution is -0.137. The second-order valence-electron chi connectivity index (χ2n) is 9.39. The van der Waals surface area contributed by atoms with Crippen LogP contribution in [0.1, 0.15) is 56.4 Å². The second kappa shape index (κ2) is 9.97. The van der Waals surface area contributed by atoms with Gasteiger partial charge in [0.05, 0.1) is 6.42 Å². The normalized spacial score (nSPS) is 18.5. The van der Waals surface area contributed by atoms with E-state index in [1.807, 2.05) is 4.90 Å². The van der Waals surface area contributed by atoms with Crippen molar-refractivity contribution in [2.45, 2.75) is 55.8 Å². The number of hydrogen-bond donors (Lipinski definition) is 1. The zero-order valence-electron chi connectivity index (χ0n) is 20.2. The number of rotatable bonds is 7. The highest BCUT2D eigenvalue weighted by Gasteiger charge is 2.44. The molecule has 0 aromatic heterocycles. The summed E-state index contributed by atoms with van der Waals surface area (Å²) in [5, 5.41) is 9.34. The molecule has 0 saturated heterocycles. The summed E-state index contributed by atoms with van der Waals surface area (Å²) < 4.78 is 31.8. The van der Waals surface area contributed by atoms with Crippen molar-refractivity contribution in [2.24, 2.45) is 0 Å². The van der Waals surface area contributed by atoms with Crippen LogP contribution in [-0.2, 0) is 24.5 Å². The number of aliphatic carboxylic acids is 1. The van der Waals surface area contributed by atoms with Gasteiger partial charge in [-0.3, -0.25) is 14.4 Å². The number of allylic oxidation sites excluding steroid dienone is 4. The molecule has 0 atom stereocenters. The highest BCUT2D eigenvalue weighted by molar-refractivity contribution is 7.87. The number of carboxylic acids is 1.